The number of imidazole rings is 1. The summed E-state index contributed by atoms with van der Waals surface area (Å²) in [5, 5.41) is 0.998. The Labute approximate surface area is 122 Å². The van der Waals surface area contributed by atoms with E-state index in [2.05, 4.69) is 25.9 Å². The maximum Gasteiger partial charge on any atom is 0.139 e. The van der Waals surface area contributed by atoms with Crippen molar-refractivity contribution in [1.82, 2.24) is 14.5 Å². The number of benzene rings is 1. The van der Waals surface area contributed by atoms with E-state index in [0.717, 1.165) is 21.5 Å². The molecule has 2 aromatic heterocycles. The zero-order valence-electron chi connectivity index (χ0n) is 8.94. The molecule has 2 heterocycles. The molecule has 0 unspecified atom stereocenters. The summed E-state index contributed by atoms with van der Waals surface area (Å²) >= 11 is 15.3. The van der Waals surface area contributed by atoms with E-state index in [4.69, 9.17) is 23.2 Å². The molecule has 0 aliphatic heterocycles. The molecule has 0 radical (unpaired) electrons. The lowest BCUT2D eigenvalue weighted by molar-refractivity contribution is 1.01. The number of pyridine rings is 1. The molecule has 0 fully saturated rings. The summed E-state index contributed by atoms with van der Waals surface area (Å²) in [6.07, 6.45) is 1.70. The maximum absolute atomic E-state index is 6.03. The Bertz CT molecular complexity index is 739. The highest BCUT2D eigenvalue weighted by Gasteiger charge is 2.09. The van der Waals surface area contributed by atoms with Gasteiger partial charge in [0.15, 0.2) is 0 Å². The topological polar surface area (TPSA) is 30.7 Å². The summed E-state index contributed by atoms with van der Waals surface area (Å²) in [6.45, 7) is 0. The molecule has 3 rings (SSSR count). The summed E-state index contributed by atoms with van der Waals surface area (Å²) < 4.78 is 2.63. The van der Waals surface area contributed by atoms with E-state index < -0.39 is 0 Å². The zero-order valence-corrected chi connectivity index (χ0v) is 12.0. The molecule has 0 aliphatic rings. The molecular weight excluding hydrogens is 337 g/mol. The molecule has 0 saturated carbocycles. The largest absolute Gasteiger partial charge is 0.283 e. The van der Waals surface area contributed by atoms with Crippen LogP contribution in [0.1, 0.15) is 0 Å². The van der Waals surface area contributed by atoms with E-state index in [1.807, 2.05) is 22.8 Å². The van der Waals surface area contributed by atoms with Crippen molar-refractivity contribution < 1.29 is 0 Å². The van der Waals surface area contributed by atoms with Crippen molar-refractivity contribution in [2.75, 3.05) is 0 Å². The number of hydrogen-bond acceptors (Lipinski definition) is 2. The van der Waals surface area contributed by atoms with Gasteiger partial charge in [0.05, 0.1) is 21.1 Å². The fourth-order valence-corrected chi connectivity index (χ4v) is 2.37. The van der Waals surface area contributed by atoms with Gasteiger partial charge in [-0.2, -0.15) is 0 Å². The molecule has 0 saturated heterocycles. The predicted molar refractivity (Wildman–Crippen MR) is 76.6 cm³/mol. The Morgan fingerprint density at radius 1 is 1.11 bits per heavy atom. The molecule has 3 aromatic rings. The van der Waals surface area contributed by atoms with E-state index in [1.54, 1.807) is 18.5 Å². The van der Waals surface area contributed by atoms with Gasteiger partial charge in [-0.15, -0.1) is 0 Å². The summed E-state index contributed by atoms with van der Waals surface area (Å²) in [4.78, 5) is 8.67. The predicted octanol–water partition coefficient (Wildman–Crippen LogP) is 4.49. The molecule has 18 heavy (non-hydrogen) atoms. The average Bonchev–Trinajstić information content (AvgIpc) is 2.73. The van der Waals surface area contributed by atoms with E-state index >= 15 is 0 Å². The van der Waals surface area contributed by atoms with Gasteiger partial charge in [-0.25, -0.2) is 9.97 Å². The Morgan fingerprint density at radius 2 is 1.89 bits per heavy atom. The Balaban J connectivity index is 2.27. The van der Waals surface area contributed by atoms with Crippen molar-refractivity contribution in [3.63, 3.8) is 0 Å². The number of rotatable bonds is 1. The van der Waals surface area contributed by atoms with Gasteiger partial charge >= 0.3 is 0 Å². The molecule has 0 atom stereocenters. The van der Waals surface area contributed by atoms with Crippen LogP contribution in [0.4, 0.5) is 0 Å². The Kier molecular flexibility index (Phi) is 3.01. The van der Waals surface area contributed by atoms with E-state index in [0.29, 0.717) is 10.0 Å². The number of halogens is 3. The van der Waals surface area contributed by atoms with Crippen LogP contribution < -0.4 is 0 Å². The van der Waals surface area contributed by atoms with Crippen LogP contribution in [-0.2, 0) is 0 Å². The zero-order chi connectivity index (χ0) is 12.7. The monoisotopic (exact) mass is 341 g/mol. The van der Waals surface area contributed by atoms with E-state index in [1.165, 1.54) is 0 Å². The van der Waals surface area contributed by atoms with Crippen molar-refractivity contribution in [3.05, 3.63) is 51.3 Å². The van der Waals surface area contributed by atoms with Gasteiger partial charge in [0.2, 0.25) is 0 Å². The third-order valence-corrected chi connectivity index (χ3v) is 3.70. The third-order valence-electron chi connectivity index (χ3n) is 2.54. The van der Waals surface area contributed by atoms with Crippen LogP contribution in [0, 0.1) is 0 Å². The average molecular weight is 343 g/mol. The molecule has 0 N–H and O–H groups in total. The van der Waals surface area contributed by atoms with E-state index in [-0.39, 0.29) is 0 Å². The highest BCUT2D eigenvalue weighted by molar-refractivity contribution is 9.10. The highest BCUT2D eigenvalue weighted by Crippen LogP contribution is 2.28. The van der Waals surface area contributed by atoms with Crippen molar-refractivity contribution in [3.8, 4) is 5.82 Å². The number of hydrogen-bond donors (Lipinski definition) is 0. The lowest BCUT2D eigenvalue weighted by atomic mass is 10.3. The smallest absolute Gasteiger partial charge is 0.139 e. The van der Waals surface area contributed by atoms with Crippen LogP contribution in [0.2, 0.25) is 10.0 Å². The lowest BCUT2D eigenvalue weighted by Gasteiger charge is -2.04. The highest BCUT2D eigenvalue weighted by atomic mass is 79.9. The molecule has 0 bridgehead atoms. The van der Waals surface area contributed by atoms with Crippen molar-refractivity contribution in [1.29, 1.82) is 0 Å². The van der Waals surface area contributed by atoms with Gasteiger partial charge in [0.1, 0.15) is 16.7 Å². The van der Waals surface area contributed by atoms with Gasteiger partial charge in [-0.1, -0.05) is 29.3 Å². The number of aromatic nitrogens is 3. The van der Waals surface area contributed by atoms with E-state index in [9.17, 15) is 0 Å². The van der Waals surface area contributed by atoms with Crippen molar-refractivity contribution in [2.45, 2.75) is 0 Å². The first-order chi connectivity index (χ1) is 8.65. The van der Waals surface area contributed by atoms with Gasteiger partial charge in [0, 0.05) is 0 Å². The quantitative estimate of drug-likeness (QED) is 0.610. The molecule has 0 aliphatic carbocycles. The van der Waals surface area contributed by atoms with Gasteiger partial charge < -0.3 is 0 Å². The second-order valence-corrected chi connectivity index (χ2v) is 5.31. The summed E-state index contributed by atoms with van der Waals surface area (Å²) in [5.74, 6) is 0.769. The Morgan fingerprint density at radius 3 is 2.67 bits per heavy atom. The van der Waals surface area contributed by atoms with Crippen molar-refractivity contribution in [2.24, 2.45) is 0 Å². The standard InChI is InChI=1S/C12H6BrCl2N3/c13-11-2-1-3-12(17-11)18-6-16-9-4-7(14)8(15)5-10(9)18/h1-6H. The molecular formula is C12H6BrCl2N3. The minimum atomic E-state index is 0.497. The molecule has 0 spiro atoms. The molecule has 6 heteroatoms. The number of nitrogens with zero attached hydrogens (tertiary/aromatic N) is 3. The second-order valence-electron chi connectivity index (χ2n) is 3.69. The molecule has 0 amide bonds. The normalized spacial score (nSPS) is 11.1. The molecule has 3 nitrogen and oxygen atoms in total. The van der Waals surface area contributed by atoms with Crippen LogP contribution in [0.3, 0.4) is 0 Å². The maximum atomic E-state index is 6.03. The fraction of sp³-hybridized carbons (Fsp3) is 0. The first-order valence-electron chi connectivity index (χ1n) is 5.10. The fourth-order valence-electron chi connectivity index (χ4n) is 1.72. The summed E-state index contributed by atoms with van der Waals surface area (Å²) in [6, 6.07) is 9.21. The molecule has 90 valence electrons. The first-order valence-corrected chi connectivity index (χ1v) is 6.65. The minimum absolute atomic E-state index is 0.497. The van der Waals surface area contributed by atoms with Gasteiger partial charge in [-0.3, -0.25) is 4.57 Å². The third kappa shape index (κ3) is 2.00. The van der Waals surface area contributed by atoms with Gasteiger partial charge in [0.25, 0.3) is 0 Å². The second kappa shape index (κ2) is 4.53. The van der Waals surface area contributed by atoms with Crippen LogP contribution in [0.5, 0.6) is 0 Å². The lowest BCUT2D eigenvalue weighted by Crippen LogP contribution is -1.95. The van der Waals surface area contributed by atoms with Crippen molar-refractivity contribution >= 4 is 50.2 Å². The van der Waals surface area contributed by atoms with Crippen LogP contribution in [0.15, 0.2) is 41.3 Å². The first kappa shape index (κ1) is 12.0. The molecule has 1 aromatic carbocycles. The SMILES string of the molecule is Clc1cc2ncn(-c3cccc(Br)n3)c2cc1Cl. The van der Waals surface area contributed by atoms with Gasteiger partial charge in [-0.05, 0) is 40.2 Å². The van der Waals surface area contributed by atoms with Crippen LogP contribution in [0.25, 0.3) is 16.9 Å². The Hall–Kier alpha value is -1.10. The summed E-state index contributed by atoms with van der Waals surface area (Å²) in [5.41, 5.74) is 1.65. The summed E-state index contributed by atoms with van der Waals surface area (Å²) in [7, 11) is 0. The van der Waals surface area contributed by atoms with Crippen LogP contribution in [-0.4, -0.2) is 14.5 Å². The minimum Gasteiger partial charge on any atom is -0.283 e. The van der Waals surface area contributed by atoms with Crippen LogP contribution >= 0.6 is 39.1 Å². The number of fused-ring (bicyclic) bond motifs is 1.